The Morgan fingerprint density at radius 3 is 2.68 bits per heavy atom. The van der Waals surface area contributed by atoms with Crippen molar-refractivity contribution in [2.45, 2.75) is 38.3 Å². The van der Waals surface area contributed by atoms with Gasteiger partial charge >= 0.3 is 0 Å². The van der Waals surface area contributed by atoms with Crippen LogP contribution in [0.2, 0.25) is 0 Å². The smallest absolute Gasteiger partial charge is 0.293 e. The maximum Gasteiger partial charge on any atom is 0.293 e. The van der Waals surface area contributed by atoms with Gasteiger partial charge in [0.1, 0.15) is 12.3 Å². The van der Waals surface area contributed by atoms with Gasteiger partial charge < -0.3 is 14.9 Å². The van der Waals surface area contributed by atoms with Crippen LogP contribution in [0.3, 0.4) is 0 Å². The first-order valence-corrected chi connectivity index (χ1v) is 6.03. The van der Waals surface area contributed by atoms with E-state index in [2.05, 4.69) is 4.98 Å². The van der Waals surface area contributed by atoms with Crippen LogP contribution in [0.5, 0.6) is 0 Å². The van der Waals surface area contributed by atoms with Gasteiger partial charge in [-0.15, -0.1) is 0 Å². The minimum absolute atomic E-state index is 0.143. The fraction of sp³-hybridized carbons (Fsp3) is 0.583. The number of aliphatic hydroxyl groups excluding tert-OH is 2. The zero-order valence-corrected chi connectivity index (χ0v) is 10.6. The van der Waals surface area contributed by atoms with Crippen LogP contribution < -0.4 is 0 Å². The topological polar surface area (TPSA) is 106 Å². The van der Waals surface area contributed by atoms with E-state index < -0.39 is 35.3 Å². The molecule has 1 aromatic rings. The summed E-state index contributed by atoms with van der Waals surface area (Å²) >= 11 is 0. The van der Waals surface area contributed by atoms with Gasteiger partial charge in [0.2, 0.25) is 0 Å². The van der Waals surface area contributed by atoms with Crippen LogP contribution in [0, 0.1) is 16.0 Å². The lowest BCUT2D eigenvalue weighted by atomic mass is 9.85. The fourth-order valence-corrected chi connectivity index (χ4v) is 2.35. The van der Waals surface area contributed by atoms with Gasteiger partial charge in [0.05, 0.1) is 28.8 Å². The molecule has 0 amide bonds. The van der Waals surface area contributed by atoms with Crippen LogP contribution >= 0.6 is 0 Å². The molecule has 0 aliphatic carbocycles. The van der Waals surface area contributed by atoms with Gasteiger partial charge in [0, 0.05) is 12.1 Å². The second-order valence-electron chi connectivity index (χ2n) is 4.79. The summed E-state index contributed by atoms with van der Waals surface area (Å²) in [5.41, 5.74) is 0.223. The molecule has 1 aliphatic rings. The molecule has 1 aromatic heterocycles. The highest BCUT2D eigenvalue weighted by Crippen LogP contribution is 2.39. The molecule has 1 aliphatic heterocycles. The Balaban J connectivity index is 2.39. The van der Waals surface area contributed by atoms with Crippen molar-refractivity contribution in [1.82, 2.24) is 4.98 Å². The van der Waals surface area contributed by atoms with Crippen LogP contribution in [0.4, 0.5) is 5.69 Å². The molecule has 7 heteroatoms. The standard InChI is InChI=1S/C12H16N2O5/c1-6-10(15)11(16)7(2)19-12(6)8-3-4-13-5-9(8)14(17)18/h3-7,10-12,15-16H,1-2H3/t6-,7+,10+,11+,12+/m0/s1. The van der Waals surface area contributed by atoms with E-state index in [-0.39, 0.29) is 5.69 Å². The average molecular weight is 268 g/mol. The third-order valence-corrected chi connectivity index (χ3v) is 3.54. The number of rotatable bonds is 2. The normalized spacial score (nSPS) is 35.1. The second kappa shape index (κ2) is 5.20. The molecule has 0 unspecified atom stereocenters. The lowest BCUT2D eigenvalue weighted by Crippen LogP contribution is -2.49. The summed E-state index contributed by atoms with van der Waals surface area (Å²) in [6.07, 6.45) is -0.608. The van der Waals surface area contributed by atoms with Gasteiger partial charge in [-0.3, -0.25) is 15.1 Å². The first-order valence-electron chi connectivity index (χ1n) is 6.03. The zero-order valence-electron chi connectivity index (χ0n) is 10.6. The monoisotopic (exact) mass is 268 g/mol. The van der Waals surface area contributed by atoms with Crippen LogP contribution in [-0.2, 0) is 4.74 Å². The minimum Gasteiger partial charge on any atom is -0.390 e. The maximum absolute atomic E-state index is 11.0. The Morgan fingerprint density at radius 2 is 2.05 bits per heavy atom. The largest absolute Gasteiger partial charge is 0.390 e. The number of hydrogen-bond acceptors (Lipinski definition) is 6. The van der Waals surface area contributed by atoms with E-state index in [1.54, 1.807) is 13.8 Å². The van der Waals surface area contributed by atoms with Crippen molar-refractivity contribution >= 4 is 5.69 Å². The summed E-state index contributed by atoms with van der Waals surface area (Å²) in [6, 6.07) is 1.51. The van der Waals surface area contributed by atoms with E-state index >= 15 is 0 Å². The first kappa shape index (κ1) is 13.9. The molecule has 0 saturated carbocycles. The molecule has 0 radical (unpaired) electrons. The average Bonchev–Trinajstić information content (AvgIpc) is 2.40. The molecule has 2 rings (SSSR count). The molecule has 0 spiro atoms. The molecule has 5 atom stereocenters. The number of aliphatic hydroxyl groups is 2. The Bertz CT molecular complexity index is 481. The van der Waals surface area contributed by atoms with Gasteiger partial charge in [0.25, 0.3) is 5.69 Å². The highest BCUT2D eigenvalue weighted by atomic mass is 16.6. The second-order valence-corrected chi connectivity index (χ2v) is 4.79. The van der Waals surface area contributed by atoms with Crippen molar-refractivity contribution in [2.75, 3.05) is 0 Å². The first-order chi connectivity index (χ1) is 8.93. The maximum atomic E-state index is 11.0. The molecule has 2 heterocycles. The molecular weight excluding hydrogens is 252 g/mol. The molecule has 1 saturated heterocycles. The number of nitro groups is 1. The lowest BCUT2D eigenvalue weighted by Gasteiger charge is -2.40. The highest BCUT2D eigenvalue weighted by molar-refractivity contribution is 5.39. The molecule has 0 bridgehead atoms. The van der Waals surface area contributed by atoms with Gasteiger partial charge in [0.15, 0.2) is 0 Å². The zero-order chi connectivity index (χ0) is 14.2. The fourth-order valence-electron chi connectivity index (χ4n) is 2.35. The summed E-state index contributed by atoms with van der Waals surface area (Å²) < 4.78 is 5.62. The van der Waals surface area contributed by atoms with Crippen LogP contribution in [0.25, 0.3) is 0 Å². The SMILES string of the molecule is C[C@H]1[C@@H](O)[C@H](O)[C@@H](C)O[C@H]1c1ccncc1[N+](=O)[O-]. The summed E-state index contributed by atoms with van der Waals surface area (Å²) in [4.78, 5) is 14.2. The Hall–Kier alpha value is -1.57. The number of nitrogens with zero attached hydrogens (tertiary/aromatic N) is 2. The van der Waals surface area contributed by atoms with Crippen molar-refractivity contribution in [1.29, 1.82) is 0 Å². The quantitative estimate of drug-likeness (QED) is 0.607. The van der Waals surface area contributed by atoms with Gasteiger partial charge in [-0.25, -0.2) is 0 Å². The van der Waals surface area contributed by atoms with E-state index in [0.29, 0.717) is 5.56 Å². The Labute approximate surface area is 110 Å². The van der Waals surface area contributed by atoms with E-state index in [1.807, 2.05) is 0 Å². The Kier molecular flexibility index (Phi) is 3.79. The van der Waals surface area contributed by atoms with Crippen LogP contribution in [-0.4, -0.2) is 38.4 Å². The molecule has 1 fully saturated rings. The molecular formula is C12H16N2O5. The predicted molar refractivity (Wildman–Crippen MR) is 65.4 cm³/mol. The van der Waals surface area contributed by atoms with Gasteiger partial charge in [-0.05, 0) is 13.0 Å². The molecule has 0 aromatic carbocycles. The lowest BCUT2D eigenvalue weighted by molar-refractivity contribution is -0.387. The number of pyridine rings is 1. The van der Waals surface area contributed by atoms with Crippen LogP contribution in [0.1, 0.15) is 25.5 Å². The van der Waals surface area contributed by atoms with Crippen molar-refractivity contribution in [3.8, 4) is 0 Å². The molecule has 104 valence electrons. The number of ether oxygens (including phenoxy) is 1. The molecule has 7 nitrogen and oxygen atoms in total. The third-order valence-electron chi connectivity index (χ3n) is 3.54. The predicted octanol–water partition coefficient (Wildman–Crippen LogP) is 0.807. The third kappa shape index (κ3) is 2.44. The summed E-state index contributed by atoms with van der Waals surface area (Å²) in [7, 11) is 0. The van der Waals surface area contributed by atoms with Crippen molar-refractivity contribution in [3.63, 3.8) is 0 Å². The van der Waals surface area contributed by atoms with E-state index in [9.17, 15) is 20.3 Å². The number of hydrogen-bond donors (Lipinski definition) is 2. The van der Waals surface area contributed by atoms with Crippen molar-refractivity contribution in [3.05, 3.63) is 34.1 Å². The van der Waals surface area contributed by atoms with E-state index in [4.69, 9.17) is 4.74 Å². The summed E-state index contributed by atoms with van der Waals surface area (Å²) in [5.74, 6) is -0.452. The molecule has 2 N–H and O–H groups in total. The summed E-state index contributed by atoms with van der Waals surface area (Å²) in [5, 5.41) is 30.7. The highest BCUT2D eigenvalue weighted by Gasteiger charge is 2.42. The van der Waals surface area contributed by atoms with Crippen molar-refractivity contribution < 1.29 is 19.9 Å². The van der Waals surface area contributed by atoms with E-state index in [0.717, 1.165) is 6.20 Å². The van der Waals surface area contributed by atoms with Crippen LogP contribution in [0.15, 0.2) is 18.5 Å². The minimum atomic E-state index is -0.993. The van der Waals surface area contributed by atoms with Gasteiger partial charge in [-0.2, -0.15) is 0 Å². The number of aromatic nitrogens is 1. The van der Waals surface area contributed by atoms with Gasteiger partial charge in [-0.1, -0.05) is 6.92 Å². The van der Waals surface area contributed by atoms with Crippen molar-refractivity contribution in [2.24, 2.45) is 5.92 Å². The summed E-state index contributed by atoms with van der Waals surface area (Å²) in [6.45, 7) is 3.31. The Morgan fingerprint density at radius 1 is 1.37 bits per heavy atom. The van der Waals surface area contributed by atoms with E-state index in [1.165, 1.54) is 12.3 Å². The molecule has 19 heavy (non-hydrogen) atoms.